The highest BCUT2D eigenvalue weighted by Gasteiger charge is 2.28. The molecule has 0 aromatic heterocycles. The van der Waals surface area contributed by atoms with Crippen LogP contribution in [0.1, 0.15) is 26.3 Å². The van der Waals surface area contributed by atoms with Crippen LogP contribution in [0, 0.1) is 5.92 Å². The van der Waals surface area contributed by atoms with Gasteiger partial charge in [-0.05, 0) is 18.4 Å². The number of carbonyl (C=O) groups is 3. The first-order chi connectivity index (χ1) is 12.7. The molecule has 1 aromatic rings. The lowest BCUT2D eigenvalue weighted by Gasteiger charge is -2.28. The zero-order valence-corrected chi connectivity index (χ0v) is 15.9. The Morgan fingerprint density at radius 3 is 2.30 bits per heavy atom. The SMILES string of the molecule is CCOC(=O)C(Cc1ccccc1)NC(=O)N(CC(C)C)CC(O)C(=O)O. The van der Waals surface area contributed by atoms with E-state index in [9.17, 15) is 19.5 Å². The summed E-state index contributed by atoms with van der Waals surface area (Å²) in [6.45, 7) is 5.43. The predicted molar refractivity (Wildman–Crippen MR) is 99.2 cm³/mol. The minimum atomic E-state index is -1.70. The molecule has 0 saturated carbocycles. The van der Waals surface area contributed by atoms with Gasteiger partial charge in [-0.25, -0.2) is 14.4 Å². The number of rotatable bonds is 10. The molecule has 3 N–H and O–H groups in total. The van der Waals surface area contributed by atoms with E-state index in [1.165, 1.54) is 4.90 Å². The standard InChI is InChI=1S/C19H28N2O6/c1-4-27-18(25)15(10-14-8-6-5-7-9-14)20-19(26)21(11-13(2)3)12-16(22)17(23)24/h5-9,13,15-16,22H,4,10-12H2,1-3H3,(H,20,26)(H,23,24). The molecular weight excluding hydrogens is 352 g/mol. The number of benzene rings is 1. The number of urea groups is 1. The fourth-order valence-electron chi connectivity index (χ4n) is 2.49. The third kappa shape index (κ3) is 8.08. The number of aliphatic hydroxyl groups excluding tert-OH is 1. The lowest BCUT2D eigenvalue weighted by atomic mass is 10.1. The molecule has 1 aromatic carbocycles. The number of esters is 1. The van der Waals surface area contributed by atoms with Crippen molar-refractivity contribution in [3.63, 3.8) is 0 Å². The Hall–Kier alpha value is -2.61. The van der Waals surface area contributed by atoms with Gasteiger partial charge < -0.3 is 25.2 Å². The van der Waals surface area contributed by atoms with Gasteiger partial charge in [0.2, 0.25) is 0 Å². The quantitative estimate of drug-likeness (QED) is 0.527. The Morgan fingerprint density at radius 1 is 1.15 bits per heavy atom. The molecule has 0 aliphatic heterocycles. The number of hydrogen-bond donors (Lipinski definition) is 3. The second-order valence-corrected chi connectivity index (χ2v) is 6.60. The van der Waals surface area contributed by atoms with Crippen LogP contribution >= 0.6 is 0 Å². The molecular formula is C19H28N2O6. The Kier molecular flexibility index (Phi) is 9.29. The van der Waals surface area contributed by atoms with Gasteiger partial charge in [0.15, 0.2) is 6.10 Å². The van der Waals surface area contributed by atoms with Gasteiger partial charge in [0.05, 0.1) is 13.2 Å². The molecule has 8 heteroatoms. The van der Waals surface area contributed by atoms with Gasteiger partial charge in [0.1, 0.15) is 6.04 Å². The second kappa shape index (κ2) is 11.2. The van der Waals surface area contributed by atoms with Crippen molar-refractivity contribution in [2.75, 3.05) is 19.7 Å². The summed E-state index contributed by atoms with van der Waals surface area (Å²) >= 11 is 0. The van der Waals surface area contributed by atoms with Gasteiger partial charge in [0, 0.05) is 13.0 Å². The van der Waals surface area contributed by atoms with Crippen LogP contribution in [0.5, 0.6) is 0 Å². The summed E-state index contributed by atoms with van der Waals surface area (Å²) in [5.74, 6) is -1.94. The number of hydrogen-bond acceptors (Lipinski definition) is 5. The summed E-state index contributed by atoms with van der Waals surface area (Å²) in [4.78, 5) is 37.0. The summed E-state index contributed by atoms with van der Waals surface area (Å²) in [7, 11) is 0. The molecule has 0 saturated heterocycles. The van der Waals surface area contributed by atoms with Gasteiger partial charge in [-0.3, -0.25) is 0 Å². The fourth-order valence-corrected chi connectivity index (χ4v) is 2.49. The maximum atomic E-state index is 12.6. The first-order valence-corrected chi connectivity index (χ1v) is 8.91. The van der Waals surface area contributed by atoms with E-state index in [4.69, 9.17) is 9.84 Å². The van der Waals surface area contributed by atoms with Gasteiger partial charge >= 0.3 is 18.0 Å². The molecule has 1 rings (SSSR count). The minimum absolute atomic E-state index is 0.0481. The highest BCUT2D eigenvalue weighted by molar-refractivity contribution is 5.84. The Labute approximate surface area is 159 Å². The van der Waals surface area contributed by atoms with Crippen LogP contribution in [0.3, 0.4) is 0 Å². The van der Waals surface area contributed by atoms with Crippen molar-refractivity contribution in [3.05, 3.63) is 35.9 Å². The zero-order valence-electron chi connectivity index (χ0n) is 15.9. The van der Waals surface area contributed by atoms with E-state index in [1.807, 2.05) is 44.2 Å². The molecule has 2 amide bonds. The van der Waals surface area contributed by atoms with Crippen molar-refractivity contribution in [2.45, 2.75) is 39.3 Å². The van der Waals surface area contributed by atoms with Crippen molar-refractivity contribution in [1.82, 2.24) is 10.2 Å². The Morgan fingerprint density at radius 2 is 1.78 bits per heavy atom. The van der Waals surface area contributed by atoms with Crippen molar-refractivity contribution in [2.24, 2.45) is 5.92 Å². The molecule has 0 aliphatic rings. The smallest absolute Gasteiger partial charge is 0.334 e. The summed E-state index contributed by atoms with van der Waals surface area (Å²) in [5, 5.41) is 21.1. The van der Waals surface area contributed by atoms with E-state index in [-0.39, 0.29) is 32.0 Å². The third-order valence-corrected chi connectivity index (χ3v) is 3.70. The number of aliphatic hydroxyl groups is 1. The molecule has 8 nitrogen and oxygen atoms in total. The first kappa shape index (κ1) is 22.4. The summed E-state index contributed by atoms with van der Waals surface area (Å²) in [5.41, 5.74) is 0.844. The van der Waals surface area contributed by atoms with Crippen LogP contribution in [-0.4, -0.2) is 64.9 Å². The number of amides is 2. The lowest BCUT2D eigenvalue weighted by Crippen LogP contribution is -2.52. The monoisotopic (exact) mass is 380 g/mol. The minimum Gasteiger partial charge on any atom is -0.479 e. The number of carbonyl (C=O) groups excluding carboxylic acids is 2. The van der Waals surface area contributed by atoms with Crippen molar-refractivity contribution < 1.29 is 29.3 Å². The third-order valence-electron chi connectivity index (χ3n) is 3.70. The van der Waals surface area contributed by atoms with Gasteiger partial charge in [-0.1, -0.05) is 44.2 Å². The molecule has 0 radical (unpaired) electrons. The van der Waals surface area contributed by atoms with Crippen LogP contribution in [0.2, 0.25) is 0 Å². The van der Waals surface area contributed by atoms with Gasteiger partial charge in [-0.2, -0.15) is 0 Å². The fraction of sp³-hybridized carbons (Fsp3) is 0.526. The van der Waals surface area contributed by atoms with Crippen LogP contribution in [0.4, 0.5) is 4.79 Å². The number of ether oxygens (including phenoxy) is 1. The van der Waals surface area contributed by atoms with Crippen LogP contribution in [-0.2, 0) is 20.7 Å². The van der Waals surface area contributed by atoms with Crippen LogP contribution < -0.4 is 5.32 Å². The number of carboxylic acids is 1. The molecule has 150 valence electrons. The van der Waals surface area contributed by atoms with Crippen LogP contribution in [0.25, 0.3) is 0 Å². The molecule has 0 spiro atoms. The highest BCUT2D eigenvalue weighted by atomic mass is 16.5. The number of nitrogens with one attached hydrogen (secondary N) is 1. The average molecular weight is 380 g/mol. The average Bonchev–Trinajstić information content (AvgIpc) is 2.61. The number of carboxylic acid groups (broad SMARTS) is 1. The Bertz CT molecular complexity index is 620. The van der Waals surface area contributed by atoms with Crippen molar-refractivity contribution in [3.8, 4) is 0 Å². The largest absolute Gasteiger partial charge is 0.479 e. The summed E-state index contributed by atoms with van der Waals surface area (Å²) in [6, 6.07) is 7.62. The van der Waals surface area contributed by atoms with Crippen molar-refractivity contribution in [1.29, 1.82) is 0 Å². The lowest BCUT2D eigenvalue weighted by molar-refractivity contribution is -0.148. The van der Waals surface area contributed by atoms with Gasteiger partial charge in [0.25, 0.3) is 0 Å². The molecule has 0 fully saturated rings. The number of aliphatic carboxylic acids is 1. The van der Waals surface area contributed by atoms with E-state index in [2.05, 4.69) is 5.32 Å². The normalized spacial score (nSPS) is 12.9. The van der Waals surface area contributed by atoms with Crippen molar-refractivity contribution >= 4 is 18.0 Å². The molecule has 27 heavy (non-hydrogen) atoms. The predicted octanol–water partition coefficient (Wildman–Crippen LogP) is 1.27. The van der Waals surface area contributed by atoms with Crippen LogP contribution in [0.15, 0.2) is 30.3 Å². The van der Waals surface area contributed by atoms with E-state index >= 15 is 0 Å². The van der Waals surface area contributed by atoms with E-state index < -0.39 is 30.1 Å². The summed E-state index contributed by atoms with van der Waals surface area (Å²) in [6.07, 6.45) is -1.47. The second-order valence-electron chi connectivity index (χ2n) is 6.60. The molecule has 2 atom stereocenters. The molecule has 2 unspecified atom stereocenters. The topological polar surface area (TPSA) is 116 Å². The van der Waals surface area contributed by atoms with E-state index in [1.54, 1.807) is 6.92 Å². The highest BCUT2D eigenvalue weighted by Crippen LogP contribution is 2.07. The summed E-state index contributed by atoms with van der Waals surface area (Å²) < 4.78 is 5.04. The zero-order chi connectivity index (χ0) is 20.4. The van der Waals surface area contributed by atoms with E-state index in [0.717, 1.165) is 5.56 Å². The molecule has 0 heterocycles. The molecule has 0 aliphatic carbocycles. The van der Waals surface area contributed by atoms with Gasteiger partial charge in [-0.15, -0.1) is 0 Å². The van der Waals surface area contributed by atoms with E-state index in [0.29, 0.717) is 0 Å². The number of nitrogens with zero attached hydrogens (tertiary/aromatic N) is 1. The first-order valence-electron chi connectivity index (χ1n) is 8.91. The maximum Gasteiger partial charge on any atom is 0.334 e. The maximum absolute atomic E-state index is 12.6. The Balaban J connectivity index is 2.91. The molecule has 0 bridgehead atoms.